The fraction of sp³-hybridized carbons (Fsp3) is 0.417. The summed E-state index contributed by atoms with van der Waals surface area (Å²) in [6.45, 7) is 3.31. The van der Waals surface area contributed by atoms with Crippen molar-refractivity contribution in [3.63, 3.8) is 0 Å². The second kappa shape index (κ2) is 5.44. The minimum absolute atomic E-state index is 0.158. The summed E-state index contributed by atoms with van der Waals surface area (Å²) in [7, 11) is 3.43. The number of carbonyl (C=O) groups excluding carboxylic acids is 1. The number of aromatic nitrogens is 4. The number of aryl methyl sites for hydroxylation is 2. The topological polar surface area (TPSA) is 56.0 Å². The molecule has 2 aromatic heterocycles. The van der Waals surface area contributed by atoms with Gasteiger partial charge < -0.3 is 4.90 Å². The molecule has 0 spiro atoms. The molecule has 0 bridgehead atoms. The lowest BCUT2D eigenvalue weighted by Crippen LogP contribution is -2.28. The molecule has 102 valence electrons. The lowest BCUT2D eigenvalue weighted by Gasteiger charge is -2.16. The van der Waals surface area contributed by atoms with Gasteiger partial charge in [-0.05, 0) is 6.92 Å². The monoisotopic (exact) mass is 281 g/mol. The first-order valence-electron chi connectivity index (χ1n) is 5.97. The molecule has 0 aliphatic carbocycles. The zero-order valence-corrected chi connectivity index (χ0v) is 11.9. The van der Waals surface area contributed by atoms with E-state index in [1.54, 1.807) is 25.2 Å². The molecule has 0 saturated heterocycles. The zero-order chi connectivity index (χ0) is 14.0. The van der Waals surface area contributed by atoms with E-state index in [1.807, 2.05) is 17.8 Å². The Kier molecular flexibility index (Phi) is 3.90. The zero-order valence-electron chi connectivity index (χ0n) is 11.2. The summed E-state index contributed by atoms with van der Waals surface area (Å²) in [5.74, 6) is -0.158. The van der Waals surface area contributed by atoms with Gasteiger partial charge in [-0.1, -0.05) is 11.6 Å². The van der Waals surface area contributed by atoms with E-state index in [1.165, 1.54) is 10.9 Å². The summed E-state index contributed by atoms with van der Waals surface area (Å²) in [6, 6.07) is 0. The quantitative estimate of drug-likeness (QED) is 0.855. The number of rotatable bonds is 4. The third-order valence-electron chi connectivity index (χ3n) is 2.87. The van der Waals surface area contributed by atoms with Crippen LogP contribution < -0.4 is 0 Å². The van der Waals surface area contributed by atoms with E-state index in [-0.39, 0.29) is 5.91 Å². The summed E-state index contributed by atoms with van der Waals surface area (Å²) in [6.07, 6.45) is 5.16. The second-order valence-corrected chi connectivity index (χ2v) is 4.74. The van der Waals surface area contributed by atoms with Gasteiger partial charge >= 0.3 is 0 Å². The van der Waals surface area contributed by atoms with Gasteiger partial charge in [-0.15, -0.1) is 0 Å². The van der Waals surface area contributed by atoms with E-state index in [2.05, 4.69) is 10.2 Å². The van der Waals surface area contributed by atoms with Crippen LogP contribution >= 0.6 is 11.6 Å². The van der Waals surface area contributed by atoms with Crippen molar-refractivity contribution in [1.29, 1.82) is 0 Å². The van der Waals surface area contributed by atoms with Crippen LogP contribution in [0.15, 0.2) is 18.6 Å². The van der Waals surface area contributed by atoms with Crippen LogP contribution in [-0.4, -0.2) is 37.4 Å². The van der Waals surface area contributed by atoms with Gasteiger partial charge in [0.15, 0.2) is 0 Å². The number of nitrogens with zero attached hydrogens (tertiary/aromatic N) is 5. The van der Waals surface area contributed by atoms with Crippen molar-refractivity contribution in [3.05, 3.63) is 34.9 Å². The van der Waals surface area contributed by atoms with E-state index in [0.29, 0.717) is 17.3 Å². The number of hydrogen-bond donors (Lipinski definition) is 0. The van der Waals surface area contributed by atoms with Crippen LogP contribution in [-0.2, 0) is 20.1 Å². The molecular formula is C12H16ClN5O. The molecule has 0 saturated carbocycles. The van der Waals surface area contributed by atoms with Crippen molar-refractivity contribution >= 4 is 17.5 Å². The maximum Gasteiger partial charge on any atom is 0.273 e. The fourth-order valence-corrected chi connectivity index (χ4v) is 2.09. The molecule has 2 rings (SSSR count). The minimum Gasteiger partial charge on any atom is -0.336 e. The Hall–Kier alpha value is -1.82. The maximum atomic E-state index is 12.3. The molecule has 2 aromatic rings. The Morgan fingerprint density at radius 1 is 1.42 bits per heavy atom. The molecule has 1 amide bonds. The average molecular weight is 282 g/mol. The molecule has 0 atom stereocenters. The molecule has 0 radical (unpaired) electrons. The minimum atomic E-state index is -0.158. The Morgan fingerprint density at radius 2 is 2.16 bits per heavy atom. The summed E-state index contributed by atoms with van der Waals surface area (Å²) in [5, 5.41) is 8.51. The van der Waals surface area contributed by atoms with Crippen LogP contribution in [0.5, 0.6) is 0 Å². The highest BCUT2D eigenvalue weighted by Gasteiger charge is 2.19. The number of carbonyl (C=O) groups is 1. The van der Waals surface area contributed by atoms with Gasteiger partial charge in [0.25, 0.3) is 5.91 Å². The summed E-state index contributed by atoms with van der Waals surface area (Å²) < 4.78 is 3.31. The smallest absolute Gasteiger partial charge is 0.273 e. The fourth-order valence-electron chi connectivity index (χ4n) is 1.84. The first-order valence-corrected chi connectivity index (χ1v) is 6.35. The van der Waals surface area contributed by atoms with Gasteiger partial charge in [0, 0.05) is 38.9 Å². The van der Waals surface area contributed by atoms with E-state index < -0.39 is 0 Å². The summed E-state index contributed by atoms with van der Waals surface area (Å²) in [4.78, 5) is 13.9. The van der Waals surface area contributed by atoms with Crippen LogP contribution in [0.4, 0.5) is 0 Å². The molecule has 0 aliphatic heterocycles. The highest BCUT2D eigenvalue weighted by atomic mass is 35.5. The van der Waals surface area contributed by atoms with Crippen LogP contribution in [0.1, 0.15) is 23.0 Å². The summed E-state index contributed by atoms with van der Waals surface area (Å²) in [5.41, 5.74) is 1.38. The lowest BCUT2D eigenvalue weighted by molar-refractivity contribution is 0.0774. The third-order valence-corrected chi connectivity index (χ3v) is 3.15. The maximum absolute atomic E-state index is 12.3. The van der Waals surface area contributed by atoms with E-state index in [0.717, 1.165) is 12.1 Å². The van der Waals surface area contributed by atoms with Crippen molar-refractivity contribution < 1.29 is 4.79 Å². The SMILES string of the molecule is CCn1cc(CN(C)C(=O)c2c(Cl)cnn2C)cn1. The van der Waals surface area contributed by atoms with Gasteiger partial charge in [0.1, 0.15) is 5.69 Å². The standard InChI is InChI=1S/C12H16ClN5O/c1-4-18-8-9(5-15-18)7-16(2)12(19)11-10(13)6-14-17(11)3/h5-6,8H,4,7H2,1-3H3. The van der Waals surface area contributed by atoms with Crippen LogP contribution in [0.25, 0.3) is 0 Å². The highest BCUT2D eigenvalue weighted by Crippen LogP contribution is 2.16. The summed E-state index contributed by atoms with van der Waals surface area (Å²) >= 11 is 5.97. The normalized spacial score (nSPS) is 10.7. The molecule has 0 N–H and O–H groups in total. The van der Waals surface area contributed by atoms with E-state index in [9.17, 15) is 4.79 Å². The van der Waals surface area contributed by atoms with Gasteiger partial charge in [0.2, 0.25) is 0 Å². The highest BCUT2D eigenvalue weighted by molar-refractivity contribution is 6.33. The van der Waals surface area contributed by atoms with E-state index in [4.69, 9.17) is 11.6 Å². The molecule has 7 heteroatoms. The average Bonchev–Trinajstić information content (AvgIpc) is 2.96. The van der Waals surface area contributed by atoms with Crippen molar-refractivity contribution in [2.45, 2.75) is 20.0 Å². The third kappa shape index (κ3) is 2.78. The lowest BCUT2D eigenvalue weighted by atomic mass is 10.3. The molecule has 0 unspecified atom stereocenters. The largest absolute Gasteiger partial charge is 0.336 e. The van der Waals surface area contributed by atoms with Crippen LogP contribution in [0.3, 0.4) is 0 Å². The number of hydrogen-bond acceptors (Lipinski definition) is 3. The van der Waals surface area contributed by atoms with Gasteiger partial charge in [0.05, 0.1) is 17.4 Å². The van der Waals surface area contributed by atoms with E-state index >= 15 is 0 Å². The number of amides is 1. The van der Waals surface area contributed by atoms with Crippen molar-refractivity contribution in [3.8, 4) is 0 Å². The first kappa shape index (κ1) is 13.6. The van der Waals surface area contributed by atoms with Crippen molar-refractivity contribution in [2.75, 3.05) is 7.05 Å². The Balaban J connectivity index is 2.11. The number of halogens is 1. The van der Waals surface area contributed by atoms with Crippen LogP contribution in [0.2, 0.25) is 5.02 Å². The molecule has 0 fully saturated rings. The van der Waals surface area contributed by atoms with Crippen molar-refractivity contribution in [1.82, 2.24) is 24.5 Å². The molecule has 2 heterocycles. The van der Waals surface area contributed by atoms with Crippen LogP contribution in [0, 0.1) is 0 Å². The molecule has 6 nitrogen and oxygen atoms in total. The predicted molar refractivity (Wildman–Crippen MR) is 71.9 cm³/mol. The Bertz CT molecular complexity index is 569. The van der Waals surface area contributed by atoms with Gasteiger partial charge in [-0.2, -0.15) is 10.2 Å². The van der Waals surface area contributed by atoms with Crippen molar-refractivity contribution in [2.24, 2.45) is 7.05 Å². The molecule has 0 aliphatic rings. The predicted octanol–water partition coefficient (Wildman–Crippen LogP) is 1.56. The molecular weight excluding hydrogens is 266 g/mol. The van der Waals surface area contributed by atoms with Gasteiger partial charge in [-0.25, -0.2) is 0 Å². The Morgan fingerprint density at radius 3 is 2.68 bits per heavy atom. The second-order valence-electron chi connectivity index (χ2n) is 4.33. The Labute approximate surface area is 116 Å². The van der Waals surface area contributed by atoms with Gasteiger partial charge in [-0.3, -0.25) is 14.2 Å². The molecule has 0 aromatic carbocycles. The molecule has 19 heavy (non-hydrogen) atoms. The first-order chi connectivity index (χ1) is 9.02.